The molecule has 96 valence electrons. The minimum atomic E-state index is -0.0589. The molecule has 0 aliphatic carbocycles. The second-order valence-electron chi connectivity index (χ2n) is 4.29. The predicted molar refractivity (Wildman–Crippen MR) is 69.5 cm³/mol. The van der Waals surface area contributed by atoms with E-state index in [-0.39, 0.29) is 11.9 Å². The lowest BCUT2D eigenvalue weighted by Gasteiger charge is -2.26. The Kier molecular flexibility index (Phi) is 8.26. The molecule has 0 heterocycles. The zero-order valence-corrected chi connectivity index (χ0v) is 11.5. The summed E-state index contributed by atoms with van der Waals surface area (Å²) in [7, 11) is 0. The Morgan fingerprint density at radius 3 is 2.12 bits per heavy atom. The molecule has 0 bridgehead atoms. The van der Waals surface area contributed by atoms with Crippen LogP contribution in [0.15, 0.2) is 0 Å². The monoisotopic (exact) mass is 228 g/mol. The molecular formula is C13H28N2O. The second kappa shape index (κ2) is 8.57. The molecule has 1 amide bonds. The molecule has 0 saturated heterocycles. The third-order valence-corrected chi connectivity index (χ3v) is 3.06. The number of nitrogens with zero attached hydrogens (tertiary/aromatic N) is 1. The maximum absolute atomic E-state index is 12.0. The van der Waals surface area contributed by atoms with Crippen LogP contribution in [-0.4, -0.2) is 36.0 Å². The van der Waals surface area contributed by atoms with Crippen LogP contribution in [0.4, 0.5) is 0 Å². The van der Waals surface area contributed by atoms with Gasteiger partial charge in [0.2, 0.25) is 5.91 Å². The Labute approximate surface area is 101 Å². The van der Waals surface area contributed by atoms with Crippen molar-refractivity contribution < 1.29 is 4.79 Å². The lowest BCUT2D eigenvalue weighted by molar-refractivity contribution is -0.132. The molecule has 0 aliphatic rings. The number of hydrogen-bond donors (Lipinski definition) is 1. The highest BCUT2D eigenvalue weighted by molar-refractivity contribution is 5.81. The third kappa shape index (κ3) is 4.97. The second-order valence-corrected chi connectivity index (χ2v) is 4.29. The van der Waals surface area contributed by atoms with Crippen molar-refractivity contribution in [2.75, 3.05) is 13.1 Å². The number of rotatable bonds is 8. The molecule has 0 radical (unpaired) electrons. The standard InChI is InChI=1S/C13H28N2O/c1-6-10-12(7-2)14-11(5)13(16)15(8-3)9-4/h11-12,14H,6-10H2,1-5H3. The molecule has 2 atom stereocenters. The van der Waals surface area contributed by atoms with Crippen molar-refractivity contribution in [3.63, 3.8) is 0 Å². The third-order valence-electron chi connectivity index (χ3n) is 3.06. The van der Waals surface area contributed by atoms with Gasteiger partial charge >= 0.3 is 0 Å². The summed E-state index contributed by atoms with van der Waals surface area (Å²) >= 11 is 0. The molecule has 3 nitrogen and oxygen atoms in total. The SMILES string of the molecule is CCCC(CC)NC(C)C(=O)N(CC)CC. The van der Waals surface area contributed by atoms with Crippen LogP contribution in [-0.2, 0) is 4.79 Å². The van der Waals surface area contributed by atoms with E-state index < -0.39 is 0 Å². The Morgan fingerprint density at radius 2 is 1.75 bits per heavy atom. The predicted octanol–water partition coefficient (Wildman–Crippen LogP) is 2.41. The zero-order chi connectivity index (χ0) is 12.6. The van der Waals surface area contributed by atoms with Crippen molar-refractivity contribution in [3.05, 3.63) is 0 Å². The van der Waals surface area contributed by atoms with Gasteiger partial charge in [-0.15, -0.1) is 0 Å². The molecule has 0 saturated carbocycles. The van der Waals surface area contributed by atoms with Gasteiger partial charge in [0.25, 0.3) is 0 Å². The van der Waals surface area contributed by atoms with Crippen LogP contribution in [0.25, 0.3) is 0 Å². The van der Waals surface area contributed by atoms with Crippen LogP contribution in [0.2, 0.25) is 0 Å². The molecular weight excluding hydrogens is 200 g/mol. The molecule has 0 rings (SSSR count). The largest absolute Gasteiger partial charge is 0.342 e. The normalized spacial score (nSPS) is 14.6. The van der Waals surface area contributed by atoms with Crippen molar-refractivity contribution in [3.8, 4) is 0 Å². The molecule has 2 unspecified atom stereocenters. The summed E-state index contributed by atoms with van der Waals surface area (Å²) in [6.45, 7) is 12.0. The molecule has 0 aromatic carbocycles. The van der Waals surface area contributed by atoms with E-state index in [0.717, 1.165) is 32.4 Å². The molecule has 16 heavy (non-hydrogen) atoms. The number of amides is 1. The van der Waals surface area contributed by atoms with Gasteiger partial charge in [-0.3, -0.25) is 4.79 Å². The van der Waals surface area contributed by atoms with Gasteiger partial charge in [-0.2, -0.15) is 0 Å². The van der Waals surface area contributed by atoms with Crippen LogP contribution in [0.5, 0.6) is 0 Å². The van der Waals surface area contributed by atoms with Gasteiger partial charge in [0.15, 0.2) is 0 Å². The van der Waals surface area contributed by atoms with Crippen molar-refractivity contribution in [2.24, 2.45) is 0 Å². The van der Waals surface area contributed by atoms with E-state index >= 15 is 0 Å². The summed E-state index contributed by atoms with van der Waals surface area (Å²) in [5, 5.41) is 3.43. The average Bonchev–Trinajstić information content (AvgIpc) is 2.29. The first-order valence-corrected chi connectivity index (χ1v) is 6.65. The molecule has 0 aromatic heterocycles. The Morgan fingerprint density at radius 1 is 1.19 bits per heavy atom. The van der Waals surface area contributed by atoms with Gasteiger partial charge in [-0.25, -0.2) is 0 Å². The van der Waals surface area contributed by atoms with Gasteiger partial charge in [0.1, 0.15) is 0 Å². The topological polar surface area (TPSA) is 32.3 Å². The molecule has 3 heteroatoms. The smallest absolute Gasteiger partial charge is 0.239 e. The summed E-state index contributed by atoms with van der Waals surface area (Å²) in [5.41, 5.74) is 0. The van der Waals surface area contributed by atoms with Crippen molar-refractivity contribution in [2.45, 2.75) is 66.0 Å². The lowest BCUT2D eigenvalue weighted by Crippen LogP contribution is -2.48. The van der Waals surface area contributed by atoms with Crippen molar-refractivity contribution in [1.82, 2.24) is 10.2 Å². The Hall–Kier alpha value is -0.570. The van der Waals surface area contributed by atoms with E-state index in [1.165, 1.54) is 0 Å². The zero-order valence-electron chi connectivity index (χ0n) is 11.5. The van der Waals surface area contributed by atoms with E-state index in [9.17, 15) is 4.79 Å². The summed E-state index contributed by atoms with van der Waals surface area (Å²) < 4.78 is 0. The fourth-order valence-corrected chi connectivity index (χ4v) is 1.99. The summed E-state index contributed by atoms with van der Waals surface area (Å²) in [5.74, 6) is 0.222. The molecule has 0 spiro atoms. The van der Waals surface area contributed by atoms with Gasteiger partial charge in [0.05, 0.1) is 6.04 Å². The quantitative estimate of drug-likeness (QED) is 0.692. The molecule has 1 N–H and O–H groups in total. The van der Waals surface area contributed by atoms with E-state index in [1.54, 1.807) is 0 Å². The first-order chi connectivity index (χ1) is 7.60. The number of carbonyl (C=O) groups is 1. The van der Waals surface area contributed by atoms with Gasteiger partial charge in [-0.05, 0) is 33.6 Å². The van der Waals surface area contributed by atoms with Crippen LogP contribution >= 0.6 is 0 Å². The number of carbonyl (C=O) groups excluding carboxylic acids is 1. The van der Waals surface area contributed by atoms with Gasteiger partial charge in [-0.1, -0.05) is 20.3 Å². The summed E-state index contributed by atoms with van der Waals surface area (Å²) in [6, 6.07) is 0.413. The van der Waals surface area contributed by atoms with E-state index in [4.69, 9.17) is 0 Å². The number of hydrogen-bond acceptors (Lipinski definition) is 2. The molecule has 0 aromatic rings. The van der Waals surface area contributed by atoms with Gasteiger partial charge in [0, 0.05) is 19.1 Å². The summed E-state index contributed by atoms with van der Waals surface area (Å²) in [6.07, 6.45) is 3.40. The fraction of sp³-hybridized carbons (Fsp3) is 0.923. The Bertz CT molecular complexity index is 190. The fourth-order valence-electron chi connectivity index (χ4n) is 1.99. The first-order valence-electron chi connectivity index (χ1n) is 6.65. The van der Waals surface area contributed by atoms with Crippen molar-refractivity contribution >= 4 is 5.91 Å². The van der Waals surface area contributed by atoms with Crippen LogP contribution in [0, 0.1) is 0 Å². The van der Waals surface area contributed by atoms with E-state index in [1.807, 2.05) is 25.7 Å². The van der Waals surface area contributed by atoms with Gasteiger partial charge < -0.3 is 10.2 Å². The van der Waals surface area contributed by atoms with E-state index in [2.05, 4.69) is 19.2 Å². The molecule has 0 aliphatic heterocycles. The minimum Gasteiger partial charge on any atom is -0.342 e. The highest BCUT2D eigenvalue weighted by atomic mass is 16.2. The lowest BCUT2D eigenvalue weighted by atomic mass is 10.1. The highest BCUT2D eigenvalue weighted by Gasteiger charge is 2.19. The Balaban J connectivity index is 4.21. The van der Waals surface area contributed by atoms with E-state index in [0.29, 0.717) is 6.04 Å². The maximum atomic E-state index is 12.0. The first kappa shape index (κ1) is 15.4. The maximum Gasteiger partial charge on any atom is 0.239 e. The van der Waals surface area contributed by atoms with Crippen molar-refractivity contribution in [1.29, 1.82) is 0 Å². The van der Waals surface area contributed by atoms with Crippen LogP contribution in [0.1, 0.15) is 53.9 Å². The molecule has 0 fully saturated rings. The van der Waals surface area contributed by atoms with Crippen LogP contribution in [0.3, 0.4) is 0 Å². The van der Waals surface area contributed by atoms with Crippen LogP contribution < -0.4 is 5.32 Å². The average molecular weight is 228 g/mol. The minimum absolute atomic E-state index is 0.0589. The number of nitrogens with one attached hydrogen (secondary N) is 1. The highest BCUT2D eigenvalue weighted by Crippen LogP contribution is 2.04. The number of likely N-dealkylation sites (N-methyl/N-ethyl adjacent to an activating group) is 1. The summed E-state index contributed by atoms with van der Waals surface area (Å²) in [4.78, 5) is 13.9.